The number of hydrogen-bond donors (Lipinski definition) is 2. The third-order valence-corrected chi connectivity index (χ3v) is 4.69. The van der Waals surface area contributed by atoms with Gasteiger partial charge >= 0.3 is 6.03 Å². The van der Waals surface area contributed by atoms with Crippen LogP contribution in [0, 0.1) is 5.92 Å². The van der Waals surface area contributed by atoms with Gasteiger partial charge < -0.3 is 19.9 Å². The van der Waals surface area contributed by atoms with Crippen molar-refractivity contribution < 1.29 is 9.90 Å². The summed E-state index contributed by atoms with van der Waals surface area (Å²) in [6, 6.07) is -0.138. The van der Waals surface area contributed by atoms with Crippen LogP contribution in [0.3, 0.4) is 0 Å². The van der Waals surface area contributed by atoms with E-state index in [9.17, 15) is 9.90 Å². The molecule has 2 N–H and O–H groups in total. The fourth-order valence-electron chi connectivity index (χ4n) is 3.04. The number of aliphatic hydroxyl groups is 1. The first-order chi connectivity index (χ1) is 11.3. The molecule has 2 amide bonds. The lowest BCUT2D eigenvalue weighted by molar-refractivity contribution is 0.163. The molecule has 0 bridgehead atoms. The molecule has 0 spiro atoms. The van der Waals surface area contributed by atoms with Gasteiger partial charge in [0.2, 0.25) is 0 Å². The normalized spacial score (nSPS) is 18.8. The van der Waals surface area contributed by atoms with Gasteiger partial charge in [-0.1, -0.05) is 0 Å². The maximum atomic E-state index is 12.5. The van der Waals surface area contributed by atoms with Gasteiger partial charge in [-0.3, -0.25) is 4.90 Å². The molecule has 1 aliphatic heterocycles. The van der Waals surface area contributed by atoms with E-state index in [2.05, 4.69) is 36.0 Å². The average molecular weight is 337 g/mol. The second kappa shape index (κ2) is 7.98. The largest absolute Gasteiger partial charge is 0.395 e. The molecule has 2 rings (SSSR count). The number of likely N-dealkylation sites (tertiary alicyclic amines) is 1. The number of carbonyl (C=O) groups is 1. The highest BCUT2D eigenvalue weighted by Crippen LogP contribution is 2.23. The number of aliphatic hydroxyl groups excluding tert-OH is 1. The standard InChI is InChI=1S/C17H31N5O2/c1-17(2,3)22-7-5-14(12-22)11-19-16(24)21(9-10-23)13-15-18-6-8-20(15)4/h6,8,14,23H,5,7,9-13H2,1-4H3,(H,19,24)/t14-/m0/s1. The molecular weight excluding hydrogens is 306 g/mol. The van der Waals surface area contributed by atoms with Crippen LogP contribution >= 0.6 is 0 Å². The summed E-state index contributed by atoms with van der Waals surface area (Å²) in [5, 5.41) is 12.3. The van der Waals surface area contributed by atoms with Crippen molar-refractivity contribution in [3.63, 3.8) is 0 Å². The van der Waals surface area contributed by atoms with E-state index >= 15 is 0 Å². The van der Waals surface area contributed by atoms with Crippen LogP contribution in [0.25, 0.3) is 0 Å². The van der Waals surface area contributed by atoms with Crippen LogP contribution in [0.15, 0.2) is 12.4 Å². The predicted octanol–water partition coefficient (Wildman–Crippen LogP) is 1.04. The zero-order chi connectivity index (χ0) is 17.7. The van der Waals surface area contributed by atoms with Crippen molar-refractivity contribution in [1.82, 2.24) is 24.7 Å². The Labute approximate surface area is 144 Å². The number of hydrogen-bond acceptors (Lipinski definition) is 4. The molecule has 7 nitrogen and oxygen atoms in total. The van der Waals surface area contributed by atoms with Crippen LogP contribution in [0.2, 0.25) is 0 Å². The third-order valence-electron chi connectivity index (χ3n) is 4.69. The zero-order valence-electron chi connectivity index (χ0n) is 15.3. The van der Waals surface area contributed by atoms with Crippen LogP contribution in [-0.2, 0) is 13.6 Å². The molecule has 1 aromatic rings. The van der Waals surface area contributed by atoms with Gasteiger partial charge in [-0.15, -0.1) is 0 Å². The second-order valence-corrected chi connectivity index (χ2v) is 7.56. The molecule has 0 aliphatic carbocycles. The molecule has 7 heteroatoms. The Morgan fingerprint density at radius 2 is 2.25 bits per heavy atom. The maximum absolute atomic E-state index is 12.5. The van der Waals surface area contributed by atoms with Gasteiger partial charge in [-0.05, 0) is 39.7 Å². The summed E-state index contributed by atoms with van der Waals surface area (Å²) in [4.78, 5) is 20.8. The molecule has 0 radical (unpaired) electrons. The molecule has 0 saturated carbocycles. The number of nitrogens with zero attached hydrogens (tertiary/aromatic N) is 4. The van der Waals surface area contributed by atoms with E-state index in [0.29, 0.717) is 25.6 Å². The molecule has 1 aliphatic rings. The van der Waals surface area contributed by atoms with Crippen molar-refractivity contribution in [2.75, 3.05) is 32.8 Å². The Hall–Kier alpha value is -1.60. The number of urea groups is 1. The van der Waals surface area contributed by atoms with E-state index in [1.807, 2.05) is 17.8 Å². The minimum Gasteiger partial charge on any atom is -0.395 e. The van der Waals surface area contributed by atoms with Crippen molar-refractivity contribution in [2.45, 2.75) is 39.3 Å². The average Bonchev–Trinajstić information content (AvgIpc) is 3.13. The molecule has 24 heavy (non-hydrogen) atoms. The summed E-state index contributed by atoms with van der Waals surface area (Å²) in [5.41, 5.74) is 0.180. The molecule has 1 aromatic heterocycles. The van der Waals surface area contributed by atoms with Crippen molar-refractivity contribution >= 4 is 6.03 Å². The fourth-order valence-corrected chi connectivity index (χ4v) is 3.04. The van der Waals surface area contributed by atoms with Gasteiger partial charge in [0, 0.05) is 44.6 Å². The van der Waals surface area contributed by atoms with E-state index in [1.54, 1.807) is 11.1 Å². The number of nitrogens with one attached hydrogen (secondary N) is 1. The highest BCUT2D eigenvalue weighted by molar-refractivity contribution is 5.74. The summed E-state index contributed by atoms with van der Waals surface area (Å²) in [6.07, 6.45) is 4.67. The minimum absolute atomic E-state index is 0.0565. The van der Waals surface area contributed by atoms with Crippen LogP contribution in [0.5, 0.6) is 0 Å². The molecule has 1 saturated heterocycles. The minimum atomic E-state index is -0.138. The van der Waals surface area contributed by atoms with Gasteiger partial charge in [0.05, 0.1) is 13.2 Å². The Morgan fingerprint density at radius 3 is 2.79 bits per heavy atom. The summed E-state index contributed by atoms with van der Waals surface area (Å²) in [5.74, 6) is 1.29. The van der Waals surface area contributed by atoms with Gasteiger partial charge in [-0.25, -0.2) is 9.78 Å². The zero-order valence-corrected chi connectivity index (χ0v) is 15.3. The first kappa shape index (κ1) is 18.7. The van der Waals surface area contributed by atoms with Gasteiger partial charge in [0.25, 0.3) is 0 Å². The summed E-state index contributed by atoms with van der Waals surface area (Å²) in [6.45, 7) is 10.1. The predicted molar refractivity (Wildman–Crippen MR) is 93.5 cm³/mol. The smallest absolute Gasteiger partial charge is 0.317 e. The first-order valence-electron chi connectivity index (χ1n) is 8.66. The van der Waals surface area contributed by atoms with E-state index in [0.717, 1.165) is 25.3 Å². The van der Waals surface area contributed by atoms with Crippen molar-refractivity contribution in [3.05, 3.63) is 18.2 Å². The highest BCUT2D eigenvalue weighted by Gasteiger charge is 2.30. The third kappa shape index (κ3) is 4.95. The molecule has 0 aromatic carbocycles. The Bertz CT molecular complexity index is 537. The van der Waals surface area contributed by atoms with Crippen molar-refractivity contribution in [3.8, 4) is 0 Å². The van der Waals surface area contributed by atoms with Crippen LogP contribution in [0.1, 0.15) is 33.0 Å². The van der Waals surface area contributed by atoms with Crippen LogP contribution in [0.4, 0.5) is 4.79 Å². The molecule has 1 atom stereocenters. The molecular formula is C17H31N5O2. The fraction of sp³-hybridized carbons (Fsp3) is 0.765. The van der Waals surface area contributed by atoms with Crippen molar-refractivity contribution in [1.29, 1.82) is 0 Å². The Kier molecular flexibility index (Phi) is 6.23. The van der Waals surface area contributed by atoms with Gasteiger partial charge in [0.1, 0.15) is 5.82 Å². The van der Waals surface area contributed by atoms with E-state index in [-0.39, 0.29) is 18.2 Å². The lowest BCUT2D eigenvalue weighted by atomic mass is 10.1. The summed E-state index contributed by atoms with van der Waals surface area (Å²) in [7, 11) is 1.90. The molecule has 1 fully saturated rings. The second-order valence-electron chi connectivity index (χ2n) is 7.56. The lowest BCUT2D eigenvalue weighted by Gasteiger charge is -2.31. The number of aryl methyl sites for hydroxylation is 1. The molecule has 2 heterocycles. The molecule has 0 unspecified atom stereocenters. The van der Waals surface area contributed by atoms with E-state index < -0.39 is 0 Å². The monoisotopic (exact) mass is 337 g/mol. The number of amides is 2. The van der Waals surface area contributed by atoms with Gasteiger partial charge in [0.15, 0.2) is 0 Å². The maximum Gasteiger partial charge on any atom is 0.317 e. The highest BCUT2D eigenvalue weighted by atomic mass is 16.3. The number of imidazole rings is 1. The van der Waals surface area contributed by atoms with Gasteiger partial charge in [-0.2, -0.15) is 0 Å². The van der Waals surface area contributed by atoms with E-state index in [1.165, 1.54) is 0 Å². The van der Waals surface area contributed by atoms with Crippen LogP contribution in [-0.4, -0.2) is 68.8 Å². The summed E-state index contributed by atoms with van der Waals surface area (Å²) < 4.78 is 1.88. The van der Waals surface area contributed by atoms with Crippen molar-refractivity contribution in [2.24, 2.45) is 13.0 Å². The number of rotatable bonds is 6. The first-order valence-corrected chi connectivity index (χ1v) is 8.66. The SMILES string of the molecule is Cn1ccnc1CN(CCO)C(=O)NC[C@@H]1CCN(C(C)(C)C)C1. The van der Waals surface area contributed by atoms with Crippen LogP contribution < -0.4 is 5.32 Å². The topological polar surface area (TPSA) is 73.6 Å². The molecule has 136 valence electrons. The van der Waals surface area contributed by atoms with E-state index in [4.69, 9.17) is 0 Å². The lowest BCUT2D eigenvalue weighted by Crippen LogP contribution is -2.44. The number of aromatic nitrogens is 2. The number of carbonyl (C=O) groups excluding carboxylic acids is 1. The Balaban J connectivity index is 1.84. The summed E-state index contributed by atoms with van der Waals surface area (Å²) >= 11 is 0. The quantitative estimate of drug-likeness (QED) is 0.814. The Morgan fingerprint density at radius 1 is 1.50 bits per heavy atom.